The first-order chi connectivity index (χ1) is 10.1. The molecule has 2 N–H and O–H groups in total. The molecule has 2 rings (SSSR count). The van der Waals surface area contributed by atoms with Crippen molar-refractivity contribution < 1.29 is 18.3 Å². The maximum absolute atomic E-state index is 11.7. The van der Waals surface area contributed by atoms with Crippen LogP contribution in [-0.2, 0) is 10.0 Å². The maximum atomic E-state index is 11.7. The predicted octanol–water partition coefficient (Wildman–Crippen LogP) is 0.111. The van der Waals surface area contributed by atoms with Crippen LogP contribution in [-0.4, -0.2) is 34.5 Å². The van der Waals surface area contributed by atoms with Crippen LogP contribution in [0.25, 0.3) is 11.0 Å². The molecule has 1 heterocycles. The van der Waals surface area contributed by atoms with Gasteiger partial charge in [-0.1, -0.05) is 0 Å². The van der Waals surface area contributed by atoms with Crippen molar-refractivity contribution in [3.8, 4) is 0 Å². The molecule has 2 aromatic rings. The molecule has 0 aliphatic carbocycles. The van der Waals surface area contributed by atoms with Gasteiger partial charge in [-0.3, -0.25) is 29.7 Å². The largest absolute Gasteiger partial charge is 0.312 e. The molecule has 0 spiro atoms. The van der Waals surface area contributed by atoms with Crippen LogP contribution < -0.4 is 10.3 Å². The predicted molar refractivity (Wildman–Crippen MR) is 74.1 cm³/mol. The Morgan fingerprint density at radius 1 is 1.23 bits per heavy atom. The first-order valence-corrected chi connectivity index (χ1v) is 7.32. The van der Waals surface area contributed by atoms with Crippen LogP contribution >= 0.6 is 0 Å². The number of H-pyrrole nitrogens is 1. The molecule has 0 bridgehead atoms. The van der Waals surface area contributed by atoms with Crippen molar-refractivity contribution in [2.75, 3.05) is 11.0 Å². The number of rotatable bonds is 4. The van der Waals surface area contributed by atoms with Crippen LogP contribution in [0.1, 0.15) is 0 Å². The third-order valence-electron chi connectivity index (χ3n) is 2.46. The average Bonchev–Trinajstić information content (AvgIpc) is 2.36. The molecule has 12 nitrogen and oxygen atoms in total. The van der Waals surface area contributed by atoms with E-state index in [4.69, 9.17) is 0 Å². The molecular weight excluding hydrogens is 322 g/mol. The Morgan fingerprint density at radius 3 is 2.36 bits per heavy atom. The molecule has 0 radical (unpaired) electrons. The fourth-order valence-electron chi connectivity index (χ4n) is 1.65. The number of hydrogen-bond donors (Lipinski definition) is 2. The fraction of sp³-hybridized carbons (Fsp3) is 0.111. The third kappa shape index (κ3) is 2.98. The number of benzene rings is 1. The van der Waals surface area contributed by atoms with Crippen LogP contribution in [0.15, 0.2) is 16.9 Å². The lowest BCUT2D eigenvalue weighted by atomic mass is 10.2. The lowest BCUT2D eigenvalue weighted by Gasteiger charge is -2.04. The zero-order valence-corrected chi connectivity index (χ0v) is 11.6. The van der Waals surface area contributed by atoms with Gasteiger partial charge in [0.1, 0.15) is 11.0 Å². The van der Waals surface area contributed by atoms with E-state index in [1.54, 1.807) is 0 Å². The molecule has 0 saturated heterocycles. The summed E-state index contributed by atoms with van der Waals surface area (Å²) in [5.41, 5.74) is -3.01. The van der Waals surface area contributed by atoms with Crippen LogP contribution in [0, 0.1) is 20.2 Å². The first kappa shape index (κ1) is 15.3. The minimum absolute atomic E-state index is 0.299. The number of anilines is 1. The molecule has 0 amide bonds. The van der Waals surface area contributed by atoms with Gasteiger partial charge in [0.15, 0.2) is 0 Å². The van der Waals surface area contributed by atoms with E-state index in [9.17, 15) is 33.4 Å². The summed E-state index contributed by atoms with van der Waals surface area (Å²) >= 11 is 0. The highest BCUT2D eigenvalue weighted by molar-refractivity contribution is 7.92. The summed E-state index contributed by atoms with van der Waals surface area (Å²) in [7, 11) is -3.82. The molecule has 1 aromatic carbocycles. The van der Waals surface area contributed by atoms with Crippen molar-refractivity contribution in [1.29, 1.82) is 0 Å². The second kappa shape index (κ2) is 5.03. The minimum Gasteiger partial charge on any atom is -0.312 e. The van der Waals surface area contributed by atoms with Gasteiger partial charge in [-0.05, 0) is 0 Å². The Morgan fingerprint density at radius 2 is 1.86 bits per heavy atom. The van der Waals surface area contributed by atoms with E-state index in [0.717, 1.165) is 12.3 Å². The summed E-state index contributed by atoms with van der Waals surface area (Å²) in [6.07, 6.45) is 0.772. The molecular formula is C9H7N5O7S. The molecule has 116 valence electrons. The lowest BCUT2D eigenvalue weighted by Crippen LogP contribution is -2.20. The molecule has 0 saturated carbocycles. The summed E-state index contributed by atoms with van der Waals surface area (Å²) in [5.74, 6) is -0.648. The monoisotopic (exact) mass is 329 g/mol. The number of hydrogen-bond acceptors (Lipinski definition) is 8. The minimum atomic E-state index is -3.82. The number of nitro benzene ring substituents is 2. The Kier molecular flexibility index (Phi) is 3.50. The van der Waals surface area contributed by atoms with E-state index < -0.39 is 42.6 Å². The normalized spacial score (nSPS) is 11.3. The Labute approximate surface area is 121 Å². The lowest BCUT2D eigenvalue weighted by molar-refractivity contribution is -0.393. The maximum Gasteiger partial charge on any atom is 0.301 e. The topological polar surface area (TPSA) is 178 Å². The first-order valence-electron chi connectivity index (χ1n) is 5.43. The van der Waals surface area contributed by atoms with Crippen LogP contribution in [0.4, 0.5) is 17.2 Å². The van der Waals surface area contributed by atoms with Gasteiger partial charge in [-0.25, -0.2) is 13.4 Å². The molecule has 22 heavy (non-hydrogen) atoms. The molecule has 1 aromatic heterocycles. The fourth-order valence-corrected chi connectivity index (χ4v) is 2.14. The highest BCUT2D eigenvalue weighted by Crippen LogP contribution is 2.28. The highest BCUT2D eigenvalue weighted by Gasteiger charge is 2.22. The van der Waals surface area contributed by atoms with E-state index in [1.165, 1.54) is 0 Å². The standard InChI is InChI=1S/C9H7N5O7S/c1-22(20,21)12-8-9(15)11-7-5(10-8)2-4(13(16)17)3-6(7)14(18)19/h2-3H,1H3,(H,10,12)(H,11,15). The summed E-state index contributed by atoms with van der Waals surface area (Å²) in [6.45, 7) is 0. The van der Waals surface area contributed by atoms with Gasteiger partial charge >= 0.3 is 5.69 Å². The summed E-state index contributed by atoms with van der Waals surface area (Å²) < 4.78 is 24.1. The number of nitrogens with one attached hydrogen (secondary N) is 2. The number of aromatic nitrogens is 2. The number of non-ortho nitro benzene ring substituents is 2. The van der Waals surface area contributed by atoms with E-state index in [1.807, 2.05) is 4.72 Å². The third-order valence-corrected chi connectivity index (χ3v) is 3.02. The summed E-state index contributed by atoms with van der Waals surface area (Å²) in [6, 6.07) is 1.55. The van der Waals surface area contributed by atoms with E-state index >= 15 is 0 Å². The van der Waals surface area contributed by atoms with Crippen molar-refractivity contribution in [3.63, 3.8) is 0 Å². The molecule has 13 heteroatoms. The van der Waals surface area contributed by atoms with Crippen LogP contribution in [0.5, 0.6) is 0 Å². The SMILES string of the molecule is CS(=O)(=O)Nc1nc2cc([N+](=O)[O-])cc([N+](=O)[O-])c2[nH]c1=O. The second-order valence-electron chi connectivity index (χ2n) is 4.16. The number of aromatic amines is 1. The van der Waals surface area contributed by atoms with E-state index in [-0.39, 0.29) is 11.0 Å². The summed E-state index contributed by atoms with van der Waals surface area (Å²) in [4.78, 5) is 37.3. The molecule has 0 aliphatic heterocycles. The van der Waals surface area contributed by atoms with Crippen LogP contribution in [0.3, 0.4) is 0 Å². The zero-order valence-electron chi connectivity index (χ0n) is 10.8. The Bertz CT molecular complexity index is 964. The average molecular weight is 329 g/mol. The second-order valence-corrected chi connectivity index (χ2v) is 5.91. The number of fused-ring (bicyclic) bond motifs is 1. The number of nitro groups is 2. The van der Waals surface area contributed by atoms with Gasteiger partial charge in [0.2, 0.25) is 15.8 Å². The van der Waals surface area contributed by atoms with E-state index in [0.29, 0.717) is 6.07 Å². The Hall–Kier alpha value is -3.09. The van der Waals surface area contributed by atoms with Gasteiger partial charge in [0.25, 0.3) is 11.2 Å². The van der Waals surface area contributed by atoms with Gasteiger partial charge in [0, 0.05) is 6.07 Å². The highest BCUT2D eigenvalue weighted by atomic mass is 32.2. The van der Waals surface area contributed by atoms with Gasteiger partial charge in [-0.2, -0.15) is 0 Å². The zero-order chi connectivity index (χ0) is 16.7. The van der Waals surface area contributed by atoms with E-state index in [2.05, 4.69) is 9.97 Å². The van der Waals surface area contributed by atoms with Crippen molar-refractivity contribution in [2.45, 2.75) is 0 Å². The van der Waals surface area contributed by atoms with Gasteiger partial charge in [-0.15, -0.1) is 0 Å². The van der Waals surface area contributed by atoms with Crippen molar-refractivity contribution in [2.24, 2.45) is 0 Å². The van der Waals surface area contributed by atoms with Gasteiger partial charge in [0.05, 0.1) is 22.2 Å². The quantitative estimate of drug-likeness (QED) is 0.585. The summed E-state index contributed by atoms with van der Waals surface area (Å²) in [5, 5.41) is 21.7. The Balaban J connectivity index is 2.83. The van der Waals surface area contributed by atoms with Crippen molar-refractivity contribution in [3.05, 3.63) is 42.7 Å². The molecule has 0 atom stereocenters. The molecule has 0 aliphatic rings. The van der Waals surface area contributed by atoms with Crippen LogP contribution in [0.2, 0.25) is 0 Å². The molecule has 0 fully saturated rings. The number of nitrogens with zero attached hydrogens (tertiary/aromatic N) is 3. The van der Waals surface area contributed by atoms with Crippen molar-refractivity contribution in [1.82, 2.24) is 9.97 Å². The van der Waals surface area contributed by atoms with Crippen molar-refractivity contribution >= 4 is 38.2 Å². The molecule has 0 unspecified atom stereocenters. The van der Waals surface area contributed by atoms with Gasteiger partial charge < -0.3 is 4.98 Å². The number of sulfonamides is 1. The smallest absolute Gasteiger partial charge is 0.301 e.